The Hall–Kier alpha value is -2.73. The van der Waals surface area contributed by atoms with E-state index in [9.17, 15) is 4.79 Å². The van der Waals surface area contributed by atoms with E-state index in [0.717, 1.165) is 36.1 Å². The van der Waals surface area contributed by atoms with Gasteiger partial charge in [-0.05, 0) is 38.3 Å². The van der Waals surface area contributed by atoms with E-state index < -0.39 is 0 Å². The molecule has 3 aromatic rings. The van der Waals surface area contributed by atoms with Crippen LogP contribution in [0.1, 0.15) is 78.7 Å². The van der Waals surface area contributed by atoms with Crippen LogP contribution in [0.25, 0.3) is 11.0 Å². The van der Waals surface area contributed by atoms with Crippen molar-refractivity contribution in [1.82, 2.24) is 20.1 Å². The molecule has 1 aliphatic carbocycles. The van der Waals surface area contributed by atoms with Crippen molar-refractivity contribution in [3.05, 3.63) is 58.9 Å². The molecule has 6 nitrogen and oxygen atoms in total. The smallest absolute Gasteiger partial charge is 0.252 e. The van der Waals surface area contributed by atoms with Crippen molar-refractivity contribution in [2.45, 2.75) is 64.6 Å². The van der Waals surface area contributed by atoms with Crippen molar-refractivity contribution in [3.8, 4) is 0 Å². The Morgan fingerprint density at radius 2 is 1.94 bits per heavy atom. The molecule has 1 aromatic carbocycles. The number of nitrogens with zero attached hydrogens (tertiary/aromatic N) is 3. The molecule has 5 rings (SSSR count). The number of carbonyl (C=O) groups is 1. The van der Waals surface area contributed by atoms with E-state index in [2.05, 4.69) is 48.5 Å². The maximum Gasteiger partial charge on any atom is 0.252 e. The standard InChI is InChI=1S/C25H31N5O/c1-17(2)30-24-22(15-27-30)21(13-23(28-24)18-9-10-18)25(31)26-14-19-7-3-4-8-20(19)16-29-11-5-6-12-29/h3-4,7-8,13,15,17-18H,5-6,9-12,14,16H2,1-2H3,(H,26,31)/p+1. The summed E-state index contributed by atoms with van der Waals surface area (Å²) < 4.78 is 1.92. The molecule has 6 heteroatoms. The molecule has 0 bridgehead atoms. The van der Waals surface area contributed by atoms with Crippen molar-refractivity contribution in [1.29, 1.82) is 0 Å². The molecular formula is C25H32N5O+. The molecular weight excluding hydrogens is 386 g/mol. The van der Waals surface area contributed by atoms with Crippen molar-refractivity contribution in [3.63, 3.8) is 0 Å². The minimum Gasteiger partial charge on any atom is -0.348 e. The third kappa shape index (κ3) is 4.22. The fourth-order valence-corrected chi connectivity index (χ4v) is 4.69. The monoisotopic (exact) mass is 418 g/mol. The Morgan fingerprint density at radius 1 is 1.19 bits per heavy atom. The van der Waals surface area contributed by atoms with Gasteiger partial charge in [-0.25, -0.2) is 9.67 Å². The molecule has 162 valence electrons. The SMILES string of the molecule is CC(C)n1ncc2c(C(=O)NCc3ccccc3C[NH+]3CCCC3)cc(C3CC3)nc21. The number of benzene rings is 1. The van der Waals surface area contributed by atoms with Crippen LogP contribution in [0.5, 0.6) is 0 Å². The first-order valence-electron chi connectivity index (χ1n) is 11.7. The summed E-state index contributed by atoms with van der Waals surface area (Å²) >= 11 is 0. The zero-order chi connectivity index (χ0) is 21.4. The zero-order valence-corrected chi connectivity index (χ0v) is 18.5. The molecule has 3 heterocycles. The number of fused-ring (bicyclic) bond motifs is 1. The topological polar surface area (TPSA) is 64.2 Å². The van der Waals surface area contributed by atoms with Crippen LogP contribution in [0.15, 0.2) is 36.5 Å². The van der Waals surface area contributed by atoms with Crippen LogP contribution in [0.3, 0.4) is 0 Å². The third-order valence-electron chi connectivity index (χ3n) is 6.62. The maximum absolute atomic E-state index is 13.3. The molecule has 1 saturated heterocycles. The van der Waals surface area contributed by atoms with Gasteiger partial charge in [0.1, 0.15) is 6.54 Å². The molecule has 31 heavy (non-hydrogen) atoms. The largest absolute Gasteiger partial charge is 0.348 e. The first-order chi connectivity index (χ1) is 15.1. The quantitative estimate of drug-likeness (QED) is 0.620. The minimum absolute atomic E-state index is 0.0408. The summed E-state index contributed by atoms with van der Waals surface area (Å²) in [6.45, 7) is 8.27. The summed E-state index contributed by atoms with van der Waals surface area (Å²) in [6.07, 6.45) is 6.74. The van der Waals surface area contributed by atoms with Gasteiger partial charge in [0.25, 0.3) is 5.91 Å². The Morgan fingerprint density at radius 3 is 2.65 bits per heavy atom. The van der Waals surface area contributed by atoms with Crippen LogP contribution in [0.2, 0.25) is 0 Å². The lowest BCUT2D eigenvalue weighted by Crippen LogP contribution is -3.08. The Bertz CT molecular complexity index is 1090. The lowest BCUT2D eigenvalue weighted by Gasteiger charge is -2.16. The first kappa shape index (κ1) is 20.2. The van der Waals surface area contributed by atoms with E-state index in [1.54, 1.807) is 11.1 Å². The lowest BCUT2D eigenvalue weighted by molar-refractivity contribution is -0.901. The molecule has 2 aliphatic rings. The van der Waals surface area contributed by atoms with Crippen LogP contribution in [-0.4, -0.2) is 33.8 Å². The van der Waals surface area contributed by atoms with E-state index in [0.29, 0.717) is 18.0 Å². The summed E-state index contributed by atoms with van der Waals surface area (Å²) in [6, 6.07) is 10.7. The maximum atomic E-state index is 13.3. The van der Waals surface area contributed by atoms with Crippen LogP contribution in [0.4, 0.5) is 0 Å². The molecule has 0 atom stereocenters. The van der Waals surface area contributed by atoms with E-state index in [1.165, 1.54) is 37.1 Å². The molecule has 2 aromatic heterocycles. The predicted octanol–water partition coefficient (Wildman–Crippen LogP) is 3.00. The molecule has 0 unspecified atom stereocenters. The van der Waals surface area contributed by atoms with E-state index in [1.807, 2.05) is 10.7 Å². The molecule has 1 saturated carbocycles. The summed E-state index contributed by atoms with van der Waals surface area (Å²) in [4.78, 5) is 19.8. The van der Waals surface area contributed by atoms with Gasteiger partial charge < -0.3 is 10.2 Å². The molecule has 1 amide bonds. The van der Waals surface area contributed by atoms with Crippen LogP contribution in [-0.2, 0) is 13.1 Å². The van der Waals surface area contributed by atoms with Crippen LogP contribution in [0, 0.1) is 0 Å². The normalized spacial score (nSPS) is 17.0. The molecule has 2 fully saturated rings. The van der Waals surface area contributed by atoms with Gasteiger partial charge in [0, 0.05) is 42.6 Å². The number of amides is 1. The van der Waals surface area contributed by atoms with Gasteiger partial charge in [-0.1, -0.05) is 24.3 Å². The third-order valence-corrected chi connectivity index (χ3v) is 6.62. The second-order valence-electron chi connectivity index (χ2n) is 9.37. The van der Waals surface area contributed by atoms with E-state index in [4.69, 9.17) is 4.98 Å². The van der Waals surface area contributed by atoms with Crippen molar-refractivity contribution >= 4 is 16.9 Å². The summed E-state index contributed by atoms with van der Waals surface area (Å²) in [5, 5.41) is 8.54. The molecule has 0 spiro atoms. The summed E-state index contributed by atoms with van der Waals surface area (Å²) in [7, 11) is 0. The second-order valence-corrected chi connectivity index (χ2v) is 9.37. The second kappa shape index (κ2) is 8.42. The lowest BCUT2D eigenvalue weighted by atomic mass is 10.1. The van der Waals surface area contributed by atoms with Gasteiger partial charge in [-0.3, -0.25) is 4.79 Å². The fraction of sp³-hybridized carbons (Fsp3) is 0.480. The average Bonchev–Trinajstić information content (AvgIpc) is 3.32. The zero-order valence-electron chi connectivity index (χ0n) is 18.5. The van der Waals surface area contributed by atoms with Gasteiger partial charge in [-0.15, -0.1) is 0 Å². The highest BCUT2D eigenvalue weighted by atomic mass is 16.1. The van der Waals surface area contributed by atoms with Gasteiger partial charge in [0.15, 0.2) is 5.65 Å². The van der Waals surface area contributed by atoms with Crippen molar-refractivity contribution in [2.75, 3.05) is 13.1 Å². The van der Waals surface area contributed by atoms with E-state index in [-0.39, 0.29) is 11.9 Å². The number of hydrogen-bond donors (Lipinski definition) is 2. The number of nitrogens with one attached hydrogen (secondary N) is 2. The number of rotatable bonds is 7. The summed E-state index contributed by atoms with van der Waals surface area (Å²) in [5.41, 5.74) is 5.09. The molecule has 1 aliphatic heterocycles. The predicted molar refractivity (Wildman–Crippen MR) is 121 cm³/mol. The number of hydrogen-bond acceptors (Lipinski definition) is 3. The fourth-order valence-electron chi connectivity index (χ4n) is 4.69. The number of pyridine rings is 1. The highest BCUT2D eigenvalue weighted by Gasteiger charge is 2.28. The van der Waals surface area contributed by atoms with Gasteiger partial charge in [0.2, 0.25) is 0 Å². The molecule has 2 N–H and O–H groups in total. The number of quaternary nitrogens is 1. The Balaban J connectivity index is 1.39. The van der Waals surface area contributed by atoms with Gasteiger partial charge >= 0.3 is 0 Å². The first-order valence-corrected chi connectivity index (χ1v) is 11.7. The van der Waals surface area contributed by atoms with Gasteiger partial charge in [-0.2, -0.15) is 5.10 Å². The van der Waals surface area contributed by atoms with Crippen LogP contribution < -0.4 is 10.2 Å². The van der Waals surface area contributed by atoms with Crippen LogP contribution >= 0.6 is 0 Å². The number of aromatic nitrogens is 3. The Kier molecular flexibility index (Phi) is 5.48. The molecule has 0 radical (unpaired) electrons. The highest BCUT2D eigenvalue weighted by molar-refractivity contribution is 6.05. The average molecular weight is 419 g/mol. The van der Waals surface area contributed by atoms with Gasteiger partial charge in [0.05, 0.1) is 30.2 Å². The summed E-state index contributed by atoms with van der Waals surface area (Å²) in [5.74, 6) is 0.441. The number of carbonyl (C=O) groups excluding carboxylic acids is 1. The van der Waals surface area contributed by atoms with Crippen molar-refractivity contribution < 1.29 is 9.69 Å². The highest BCUT2D eigenvalue weighted by Crippen LogP contribution is 2.40. The Labute approximate surface area is 183 Å². The van der Waals surface area contributed by atoms with Crippen molar-refractivity contribution in [2.24, 2.45) is 0 Å². The van der Waals surface area contributed by atoms with E-state index >= 15 is 0 Å². The minimum atomic E-state index is -0.0408. The number of likely N-dealkylation sites (tertiary alicyclic amines) is 1.